The molecule has 0 unspecified atom stereocenters. The minimum atomic E-state index is -3.74. The maximum absolute atomic E-state index is 12.8. The molecule has 0 spiro atoms. The molecule has 9 heteroatoms. The smallest absolute Gasteiger partial charge is 0.247 e. The van der Waals surface area contributed by atoms with E-state index in [4.69, 9.17) is 21.1 Å². The fraction of sp³-hybridized carbons (Fsp3) is 0.316. The second-order valence-corrected chi connectivity index (χ2v) is 8.49. The van der Waals surface area contributed by atoms with Gasteiger partial charge in [-0.1, -0.05) is 17.7 Å². The molecule has 1 N–H and O–H groups in total. The van der Waals surface area contributed by atoms with Crippen LogP contribution < -0.4 is 19.1 Å². The average molecular weight is 427 g/mol. The molecule has 0 bridgehead atoms. The number of hydrogen-bond donors (Lipinski definition) is 1. The zero-order valence-corrected chi connectivity index (χ0v) is 17.9. The Kier molecular flexibility index (Phi) is 6.79. The van der Waals surface area contributed by atoms with Crippen molar-refractivity contribution < 1.29 is 22.7 Å². The van der Waals surface area contributed by atoms with Crippen LogP contribution in [0.15, 0.2) is 36.4 Å². The molecule has 2 aromatic carbocycles. The van der Waals surface area contributed by atoms with Crippen LogP contribution in [-0.2, 0) is 14.8 Å². The summed E-state index contributed by atoms with van der Waals surface area (Å²) in [5, 5.41) is 3.12. The molecule has 1 amide bonds. The maximum Gasteiger partial charge on any atom is 0.247 e. The van der Waals surface area contributed by atoms with Gasteiger partial charge in [0.05, 0.1) is 26.2 Å². The number of hydrogen-bond acceptors (Lipinski definition) is 5. The molecule has 2 aromatic rings. The second-order valence-electron chi connectivity index (χ2n) is 6.23. The Hall–Kier alpha value is -2.45. The van der Waals surface area contributed by atoms with Gasteiger partial charge in [-0.15, -0.1) is 0 Å². The standard InChI is InChI=1S/C19H23ClN2O5S/c1-12-6-8-15(11-16(12)20)22(28(5,24)25)13(2)19(23)21-14-7-9-17(26-3)18(10-14)27-4/h6-11,13H,1-5H3,(H,21,23)/t13-/m1/s1. The minimum Gasteiger partial charge on any atom is -0.493 e. The van der Waals surface area contributed by atoms with Gasteiger partial charge in [0, 0.05) is 16.8 Å². The van der Waals surface area contributed by atoms with Gasteiger partial charge in [-0.05, 0) is 43.7 Å². The van der Waals surface area contributed by atoms with Crippen molar-refractivity contribution >= 4 is 38.9 Å². The number of aryl methyl sites for hydroxylation is 1. The number of rotatable bonds is 7. The number of anilines is 2. The van der Waals surface area contributed by atoms with Gasteiger partial charge in [0.15, 0.2) is 11.5 Å². The molecule has 1 atom stereocenters. The van der Waals surface area contributed by atoms with E-state index in [0.29, 0.717) is 27.9 Å². The van der Waals surface area contributed by atoms with E-state index >= 15 is 0 Å². The summed E-state index contributed by atoms with van der Waals surface area (Å²) in [6.45, 7) is 3.31. The van der Waals surface area contributed by atoms with Gasteiger partial charge in [0.1, 0.15) is 6.04 Å². The summed E-state index contributed by atoms with van der Waals surface area (Å²) in [6.07, 6.45) is 1.04. The number of methoxy groups -OCH3 is 2. The van der Waals surface area contributed by atoms with Gasteiger partial charge in [-0.3, -0.25) is 9.10 Å². The first-order valence-corrected chi connectivity index (χ1v) is 10.6. The van der Waals surface area contributed by atoms with Crippen molar-refractivity contribution in [3.63, 3.8) is 0 Å². The fourth-order valence-corrected chi connectivity index (χ4v) is 4.03. The van der Waals surface area contributed by atoms with E-state index in [-0.39, 0.29) is 0 Å². The number of nitrogens with one attached hydrogen (secondary N) is 1. The molecule has 7 nitrogen and oxygen atoms in total. The molecule has 0 radical (unpaired) electrons. The number of carbonyl (C=O) groups is 1. The van der Waals surface area contributed by atoms with Crippen LogP contribution in [0.1, 0.15) is 12.5 Å². The Morgan fingerprint density at radius 1 is 1.11 bits per heavy atom. The predicted octanol–water partition coefficient (Wildman–Crippen LogP) is 3.46. The summed E-state index contributed by atoms with van der Waals surface area (Å²) in [7, 11) is -0.745. The third-order valence-corrected chi connectivity index (χ3v) is 5.80. The SMILES string of the molecule is COc1ccc(NC(=O)[C@@H](C)N(c2ccc(C)c(Cl)c2)S(C)(=O)=O)cc1OC. The van der Waals surface area contributed by atoms with Crippen LogP contribution in [0.3, 0.4) is 0 Å². The average Bonchev–Trinajstić information content (AvgIpc) is 2.63. The van der Waals surface area contributed by atoms with Crippen molar-refractivity contribution in [3.8, 4) is 11.5 Å². The predicted molar refractivity (Wildman–Crippen MR) is 111 cm³/mol. The van der Waals surface area contributed by atoms with Crippen molar-refractivity contribution in [2.75, 3.05) is 30.1 Å². The Morgan fingerprint density at radius 2 is 1.75 bits per heavy atom. The van der Waals surface area contributed by atoms with Crippen molar-refractivity contribution in [3.05, 3.63) is 47.0 Å². The lowest BCUT2D eigenvalue weighted by atomic mass is 10.2. The first-order valence-electron chi connectivity index (χ1n) is 8.37. The summed E-state index contributed by atoms with van der Waals surface area (Å²) in [4.78, 5) is 12.8. The molecule has 2 rings (SSSR count). The molecule has 0 saturated carbocycles. The number of carbonyl (C=O) groups excluding carboxylic acids is 1. The lowest BCUT2D eigenvalue weighted by Crippen LogP contribution is -2.45. The van der Waals surface area contributed by atoms with Gasteiger partial charge in [-0.25, -0.2) is 8.42 Å². The lowest BCUT2D eigenvalue weighted by Gasteiger charge is -2.28. The number of nitrogens with zero attached hydrogens (tertiary/aromatic N) is 1. The van der Waals surface area contributed by atoms with Crippen molar-refractivity contribution in [1.29, 1.82) is 0 Å². The number of amides is 1. The highest BCUT2D eigenvalue weighted by molar-refractivity contribution is 7.92. The van der Waals surface area contributed by atoms with Crippen LogP contribution >= 0.6 is 11.6 Å². The van der Waals surface area contributed by atoms with Crippen LogP contribution in [0.2, 0.25) is 5.02 Å². The van der Waals surface area contributed by atoms with Crippen molar-refractivity contribution in [2.45, 2.75) is 19.9 Å². The van der Waals surface area contributed by atoms with E-state index in [0.717, 1.165) is 16.1 Å². The minimum absolute atomic E-state index is 0.313. The number of ether oxygens (including phenoxy) is 2. The third-order valence-electron chi connectivity index (χ3n) is 4.15. The van der Waals surface area contributed by atoms with E-state index < -0.39 is 22.0 Å². The molecular weight excluding hydrogens is 404 g/mol. The molecule has 0 aromatic heterocycles. The molecule has 152 valence electrons. The zero-order valence-electron chi connectivity index (χ0n) is 16.3. The lowest BCUT2D eigenvalue weighted by molar-refractivity contribution is -0.116. The summed E-state index contributed by atoms with van der Waals surface area (Å²) < 4.78 is 36.2. The van der Waals surface area contributed by atoms with Crippen LogP contribution in [0, 0.1) is 6.92 Å². The molecule has 0 aliphatic carbocycles. The summed E-state index contributed by atoms with van der Waals surface area (Å²) in [6, 6.07) is 8.71. The van der Waals surface area contributed by atoms with E-state index in [9.17, 15) is 13.2 Å². The highest BCUT2D eigenvalue weighted by atomic mass is 35.5. The van der Waals surface area contributed by atoms with Gasteiger partial charge >= 0.3 is 0 Å². The number of halogens is 1. The number of benzene rings is 2. The fourth-order valence-electron chi connectivity index (χ4n) is 2.69. The van der Waals surface area contributed by atoms with E-state index in [1.807, 2.05) is 6.92 Å². The second kappa shape index (κ2) is 8.70. The van der Waals surface area contributed by atoms with Gasteiger partial charge in [-0.2, -0.15) is 0 Å². The first-order chi connectivity index (χ1) is 13.1. The van der Waals surface area contributed by atoms with Crippen LogP contribution in [0.25, 0.3) is 0 Å². The molecule has 0 aliphatic heterocycles. The van der Waals surface area contributed by atoms with Crippen LogP contribution in [-0.4, -0.2) is 40.8 Å². The van der Waals surface area contributed by atoms with Gasteiger partial charge < -0.3 is 14.8 Å². The van der Waals surface area contributed by atoms with E-state index in [1.54, 1.807) is 30.3 Å². The van der Waals surface area contributed by atoms with E-state index in [1.165, 1.54) is 27.2 Å². The molecule has 0 saturated heterocycles. The van der Waals surface area contributed by atoms with Crippen molar-refractivity contribution in [1.82, 2.24) is 0 Å². The van der Waals surface area contributed by atoms with Gasteiger partial charge in [0.2, 0.25) is 15.9 Å². The highest BCUT2D eigenvalue weighted by Crippen LogP contribution is 2.30. The molecule has 0 heterocycles. The maximum atomic E-state index is 12.8. The third kappa shape index (κ3) is 4.88. The molecule has 0 fully saturated rings. The largest absolute Gasteiger partial charge is 0.493 e. The molecule has 0 aliphatic rings. The first kappa shape index (κ1) is 21.8. The Bertz CT molecular complexity index is 978. The normalized spacial score (nSPS) is 12.2. The monoisotopic (exact) mass is 426 g/mol. The summed E-state index contributed by atoms with van der Waals surface area (Å²) in [5.41, 5.74) is 1.57. The molecular formula is C19H23ClN2O5S. The number of sulfonamides is 1. The quantitative estimate of drug-likeness (QED) is 0.732. The van der Waals surface area contributed by atoms with Crippen LogP contribution in [0.5, 0.6) is 11.5 Å². The molecule has 28 heavy (non-hydrogen) atoms. The Balaban J connectivity index is 2.33. The zero-order chi connectivity index (χ0) is 21.1. The van der Waals surface area contributed by atoms with E-state index in [2.05, 4.69) is 5.32 Å². The highest BCUT2D eigenvalue weighted by Gasteiger charge is 2.29. The summed E-state index contributed by atoms with van der Waals surface area (Å²) in [5.74, 6) is 0.452. The summed E-state index contributed by atoms with van der Waals surface area (Å²) >= 11 is 6.14. The Morgan fingerprint density at radius 3 is 2.29 bits per heavy atom. The van der Waals surface area contributed by atoms with Crippen LogP contribution in [0.4, 0.5) is 11.4 Å². The van der Waals surface area contributed by atoms with Crippen molar-refractivity contribution in [2.24, 2.45) is 0 Å². The Labute approximate surface area is 170 Å². The topological polar surface area (TPSA) is 84.9 Å². The van der Waals surface area contributed by atoms with Gasteiger partial charge in [0.25, 0.3) is 0 Å².